The van der Waals surface area contributed by atoms with Crippen molar-refractivity contribution in [3.05, 3.63) is 29.2 Å². The van der Waals surface area contributed by atoms with Crippen LogP contribution >= 0.6 is 11.3 Å². The summed E-state index contributed by atoms with van der Waals surface area (Å²) in [5, 5.41) is 2.79. The van der Waals surface area contributed by atoms with Crippen LogP contribution in [0.15, 0.2) is 22.7 Å². The lowest BCUT2D eigenvalue weighted by Gasteiger charge is -2.19. The summed E-state index contributed by atoms with van der Waals surface area (Å²) in [4.78, 5) is 25.8. The first-order valence-corrected chi connectivity index (χ1v) is 9.34. The maximum atomic E-state index is 14.1. The predicted octanol–water partition coefficient (Wildman–Crippen LogP) is 2.82. The number of amides is 1. The average molecular weight is 391 g/mol. The molecule has 1 amide bonds. The van der Waals surface area contributed by atoms with Gasteiger partial charge in [-0.05, 0) is 19.1 Å². The number of halogens is 1. The fourth-order valence-corrected chi connectivity index (χ4v) is 4.03. The third-order valence-electron chi connectivity index (χ3n) is 4.36. The second-order valence-electron chi connectivity index (χ2n) is 6.47. The Hall–Kier alpha value is -2.59. The number of nitrogens with zero attached hydrogens (tertiary/aromatic N) is 4. The molecule has 0 spiro atoms. The fraction of sp³-hybridized carbons (Fsp3) is 0.412. The normalized spacial score (nSPS) is 20.3. The molecule has 0 saturated carbocycles. The van der Waals surface area contributed by atoms with E-state index in [1.165, 1.54) is 6.92 Å². The summed E-state index contributed by atoms with van der Waals surface area (Å²) in [6.45, 7) is 4.44. The molecule has 1 aliphatic rings. The number of oxazole rings is 1. The third kappa shape index (κ3) is 3.91. The van der Waals surface area contributed by atoms with Gasteiger partial charge in [0.05, 0.1) is 4.88 Å². The van der Waals surface area contributed by atoms with Crippen molar-refractivity contribution in [2.45, 2.75) is 39.0 Å². The zero-order chi connectivity index (χ0) is 19.0. The van der Waals surface area contributed by atoms with Crippen LogP contribution in [-0.2, 0) is 11.3 Å². The molecule has 142 valence electrons. The molecule has 4 heterocycles. The van der Waals surface area contributed by atoms with E-state index in [0.29, 0.717) is 29.2 Å². The highest BCUT2D eigenvalue weighted by atomic mass is 32.1. The molecule has 10 heteroatoms. The Morgan fingerprint density at radius 1 is 1.52 bits per heavy atom. The number of rotatable bonds is 5. The van der Waals surface area contributed by atoms with Crippen molar-refractivity contribution in [2.75, 3.05) is 11.9 Å². The summed E-state index contributed by atoms with van der Waals surface area (Å²) < 4.78 is 25.5. The standard InChI is InChI=1S/C17H18FN5O3S/c1-9-6-11(25-17-22-15-12(26-17)4-3-5-19-15)7-23(9)8-13-14(18)21-16(27-13)20-10(2)24/h3-5,9,11H,6-8H2,1-2H3,(H,20,21,24)/t9-,11+/m0/s1. The molecular formula is C17H18FN5O3S. The van der Waals surface area contributed by atoms with Gasteiger partial charge in [-0.1, -0.05) is 11.3 Å². The minimum absolute atomic E-state index is 0.112. The highest BCUT2D eigenvalue weighted by Gasteiger charge is 2.32. The lowest BCUT2D eigenvalue weighted by molar-refractivity contribution is -0.114. The molecule has 8 nitrogen and oxygen atoms in total. The molecule has 3 aromatic heterocycles. The van der Waals surface area contributed by atoms with Gasteiger partial charge >= 0.3 is 6.08 Å². The quantitative estimate of drug-likeness (QED) is 0.715. The molecule has 27 heavy (non-hydrogen) atoms. The number of thiazole rings is 1. The summed E-state index contributed by atoms with van der Waals surface area (Å²) >= 11 is 1.15. The topological polar surface area (TPSA) is 93.4 Å². The first-order valence-electron chi connectivity index (χ1n) is 8.53. The molecule has 1 saturated heterocycles. The molecule has 0 unspecified atom stereocenters. The van der Waals surface area contributed by atoms with Gasteiger partial charge in [0.25, 0.3) is 0 Å². The number of aromatic nitrogens is 3. The maximum Gasteiger partial charge on any atom is 0.396 e. The van der Waals surface area contributed by atoms with Crippen LogP contribution in [0.3, 0.4) is 0 Å². The van der Waals surface area contributed by atoms with Crippen LogP contribution in [0.4, 0.5) is 9.52 Å². The van der Waals surface area contributed by atoms with Gasteiger partial charge in [0, 0.05) is 38.7 Å². The summed E-state index contributed by atoms with van der Waals surface area (Å²) in [7, 11) is 0. The number of anilines is 1. The summed E-state index contributed by atoms with van der Waals surface area (Å²) in [5.41, 5.74) is 1.08. The molecule has 1 fully saturated rings. The SMILES string of the molecule is CC(=O)Nc1nc(F)c(CN2C[C@H](Oc3nc4ncccc4o3)C[C@@H]2C)s1. The second kappa shape index (κ2) is 7.20. The summed E-state index contributed by atoms with van der Waals surface area (Å²) in [6.07, 6.45) is 2.50. The lowest BCUT2D eigenvalue weighted by Crippen LogP contribution is -2.28. The van der Waals surface area contributed by atoms with Gasteiger partial charge < -0.3 is 14.5 Å². The van der Waals surface area contributed by atoms with Gasteiger partial charge in [0.1, 0.15) is 6.10 Å². The number of carbonyl (C=O) groups excluding carboxylic acids is 1. The van der Waals surface area contributed by atoms with E-state index in [4.69, 9.17) is 9.15 Å². The Morgan fingerprint density at radius 2 is 2.37 bits per heavy atom. The van der Waals surface area contributed by atoms with E-state index < -0.39 is 5.95 Å². The van der Waals surface area contributed by atoms with E-state index in [1.807, 2.05) is 0 Å². The van der Waals surface area contributed by atoms with Crippen LogP contribution in [0.1, 0.15) is 25.1 Å². The smallest absolute Gasteiger partial charge is 0.396 e. The van der Waals surface area contributed by atoms with Crippen molar-refractivity contribution in [2.24, 2.45) is 0 Å². The molecule has 1 aliphatic heterocycles. The minimum atomic E-state index is -0.551. The zero-order valence-electron chi connectivity index (χ0n) is 14.8. The Bertz CT molecular complexity index is 942. The Kier molecular flexibility index (Phi) is 4.75. The van der Waals surface area contributed by atoms with Crippen LogP contribution in [0, 0.1) is 5.95 Å². The van der Waals surface area contributed by atoms with E-state index in [2.05, 4.69) is 32.1 Å². The van der Waals surface area contributed by atoms with Crippen molar-refractivity contribution in [3.63, 3.8) is 0 Å². The fourth-order valence-electron chi connectivity index (χ4n) is 3.11. The number of hydrogen-bond donors (Lipinski definition) is 1. The molecule has 0 bridgehead atoms. The first kappa shape index (κ1) is 17.8. The van der Waals surface area contributed by atoms with E-state index in [9.17, 15) is 9.18 Å². The largest absolute Gasteiger partial charge is 0.445 e. The molecule has 0 radical (unpaired) electrons. The lowest BCUT2D eigenvalue weighted by atomic mass is 10.2. The molecule has 4 rings (SSSR count). The van der Waals surface area contributed by atoms with Crippen LogP contribution in [0.5, 0.6) is 6.08 Å². The number of carbonyl (C=O) groups is 1. The van der Waals surface area contributed by atoms with Gasteiger partial charge in [0.2, 0.25) is 17.5 Å². The molecule has 2 atom stereocenters. The molecule has 0 aromatic carbocycles. The van der Waals surface area contributed by atoms with E-state index in [0.717, 1.165) is 17.8 Å². The van der Waals surface area contributed by atoms with E-state index in [1.54, 1.807) is 18.3 Å². The number of pyridine rings is 1. The Morgan fingerprint density at radius 3 is 3.15 bits per heavy atom. The number of ether oxygens (including phenoxy) is 1. The predicted molar refractivity (Wildman–Crippen MR) is 97.1 cm³/mol. The van der Waals surface area contributed by atoms with Crippen LogP contribution in [0.25, 0.3) is 11.2 Å². The van der Waals surface area contributed by atoms with Crippen LogP contribution in [0.2, 0.25) is 0 Å². The Labute approximate surface area is 158 Å². The highest BCUT2D eigenvalue weighted by Crippen LogP contribution is 2.29. The minimum Gasteiger partial charge on any atom is -0.445 e. The van der Waals surface area contributed by atoms with Crippen molar-refractivity contribution < 1.29 is 18.3 Å². The molecular weight excluding hydrogens is 373 g/mol. The van der Waals surface area contributed by atoms with Gasteiger partial charge in [-0.25, -0.2) is 4.98 Å². The number of likely N-dealkylation sites (tertiary alicyclic amines) is 1. The number of nitrogens with one attached hydrogen (secondary N) is 1. The zero-order valence-corrected chi connectivity index (χ0v) is 15.6. The van der Waals surface area contributed by atoms with Gasteiger partial charge in [-0.3, -0.25) is 9.69 Å². The maximum absolute atomic E-state index is 14.1. The van der Waals surface area contributed by atoms with Crippen LogP contribution in [-0.4, -0.2) is 44.4 Å². The van der Waals surface area contributed by atoms with Crippen molar-refractivity contribution in [1.82, 2.24) is 19.9 Å². The van der Waals surface area contributed by atoms with Gasteiger partial charge in [0.15, 0.2) is 10.7 Å². The number of fused-ring (bicyclic) bond motifs is 1. The summed E-state index contributed by atoms with van der Waals surface area (Å²) in [5.74, 6) is -0.823. The first-order chi connectivity index (χ1) is 13.0. The van der Waals surface area contributed by atoms with E-state index >= 15 is 0 Å². The van der Waals surface area contributed by atoms with Gasteiger partial charge in [-0.15, -0.1) is 0 Å². The molecule has 0 aliphatic carbocycles. The van der Waals surface area contributed by atoms with Crippen molar-refractivity contribution >= 4 is 33.6 Å². The van der Waals surface area contributed by atoms with Crippen molar-refractivity contribution in [1.29, 1.82) is 0 Å². The highest BCUT2D eigenvalue weighted by molar-refractivity contribution is 7.15. The van der Waals surface area contributed by atoms with Gasteiger partial charge in [-0.2, -0.15) is 14.4 Å². The van der Waals surface area contributed by atoms with Crippen molar-refractivity contribution in [3.8, 4) is 6.08 Å². The molecule has 1 N–H and O–H groups in total. The molecule has 3 aromatic rings. The Balaban J connectivity index is 1.41. The number of hydrogen-bond acceptors (Lipinski definition) is 8. The van der Waals surface area contributed by atoms with E-state index in [-0.39, 0.29) is 29.3 Å². The second-order valence-corrected chi connectivity index (χ2v) is 7.56. The monoisotopic (exact) mass is 391 g/mol. The third-order valence-corrected chi connectivity index (χ3v) is 5.29. The van der Waals surface area contributed by atoms with Crippen LogP contribution < -0.4 is 10.1 Å². The average Bonchev–Trinajstić information content (AvgIpc) is 3.25. The summed E-state index contributed by atoms with van der Waals surface area (Å²) in [6, 6.07) is 3.75.